The first kappa shape index (κ1) is 12.0. The number of aryl methyl sites for hydroxylation is 1. The summed E-state index contributed by atoms with van der Waals surface area (Å²) in [7, 11) is 1.72. The summed E-state index contributed by atoms with van der Waals surface area (Å²) in [6.45, 7) is 2.64. The molecule has 1 N–H and O–H groups in total. The quantitative estimate of drug-likeness (QED) is 0.805. The van der Waals surface area contributed by atoms with Gasteiger partial charge >= 0.3 is 0 Å². The molecule has 2 nitrogen and oxygen atoms in total. The van der Waals surface area contributed by atoms with Gasteiger partial charge in [-0.1, -0.05) is 12.0 Å². The van der Waals surface area contributed by atoms with Crippen LogP contribution in [0.3, 0.4) is 0 Å². The standard InChI is InChI=1S/C15H19NO/c1-3-4-10-16-15-7-5-6-12-8-9-13(17-2)11-14(12)15/h8-9,11,15-16H,5-7,10H2,1-2H3. The number of ether oxygens (including phenoxy) is 1. The van der Waals surface area contributed by atoms with Crippen molar-refractivity contribution < 1.29 is 4.74 Å². The number of fused-ring (bicyclic) bond motifs is 1. The molecule has 2 heteroatoms. The van der Waals surface area contributed by atoms with Gasteiger partial charge in [-0.3, -0.25) is 5.32 Å². The lowest BCUT2D eigenvalue weighted by atomic mass is 9.87. The molecular formula is C15H19NO. The SMILES string of the molecule is CC#CCNC1CCCc2ccc(OC)cc21. The number of nitrogens with one attached hydrogen (secondary N) is 1. The zero-order valence-corrected chi connectivity index (χ0v) is 10.5. The molecule has 0 aliphatic heterocycles. The van der Waals surface area contributed by atoms with Gasteiger partial charge in [0.1, 0.15) is 5.75 Å². The summed E-state index contributed by atoms with van der Waals surface area (Å²) < 4.78 is 5.30. The van der Waals surface area contributed by atoms with Crippen molar-refractivity contribution in [3.05, 3.63) is 29.3 Å². The zero-order chi connectivity index (χ0) is 12.1. The van der Waals surface area contributed by atoms with E-state index in [-0.39, 0.29) is 0 Å². The van der Waals surface area contributed by atoms with E-state index in [1.54, 1.807) is 7.11 Å². The number of hydrogen-bond donors (Lipinski definition) is 1. The number of hydrogen-bond acceptors (Lipinski definition) is 2. The third-order valence-electron chi connectivity index (χ3n) is 3.28. The molecule has 0 spiro atoms. The van der Waals surface area contributed by atoms with Crippen LogP contribution in [0, 0.1) is 11.8 Å². The van der Waals surface area contributed by atoms with Crippen LogP contribution in [0.5, 0.6) is 5.75 Å². The molecule has 1 aliphatic rings. The van der Waals surface area contributed by atoms with Crippen LogP contribution in [0.25, 0.3) is 0 Å². The van der Waals surface area contributed by atoms with Gasteiger partial charge in [-0.2, -0.15) is 0 Å². The molecule has 0 amide bonds. The second kappa shape index (κ2) is 5.75. The van der Waals surface area contributed by atoms with Gasteiger partial charge in [-0.05, 0) is 49.4 Å². The number of rotatable bonds is 3. The molecule has 90 valence electrons. The molecule has 0 aromatic heterocycles. The van der Waals surface area contributed by atoms with E-state index in [1.807, 2.05) is 13.0 Å². The maximum absolute atomic E-state index is 5.30. The van der Waals surface area contributed by atoms with E-state index in [0.717, 1.165) is 12.3 Å². The molecule has 2 rings (SSSR count). The molecule has 17 heavy (non-hydrogen) atoms. The molecule has 0 heterocycles. The Bertz CT molecular complexity index is 442. The van der Waals surface area contributed by atoms with Crippen molar-refractivity contribution in [1.82, 2.24) is 5.32 Å². The van der Waals surface area contributed by atoms with E-state index in [4.69, 9.17) is 4.74 Å². The molecule has 1 aromatic rings. The first-order valence-corrected chi connectivity index (χ1v) is 6.15. The van der Waals surface area contributed by atoms with Crippen molar-refractivity contribution in [3.63, 3.8) is 0 Å². The van der Waals surface area contributed by atoms with Crippen LogP contribution in [0.15, 0.2) is 18.2 Å². The summed E-state index contributed by atoms with van der Waals surface area (Å²) in [5.41, 5.74) is 2.83. The average Bonchev–Trinajstić information content (AvgIpc) is 2.39. The molecule has 1 atom stereocenters. The smallest absolute Gasteiger partial charge is 0.119 e. The van der Waals surface area contributed by atoms with E-state index in [9.17, 15) is 0 Å². The monoisotopic (exact) mass is 229 g/mol. The predicted molar refractivity (Wildman–Crippen MR) is 70.1 cm³/mol. The topological polar surface area (TPSA) is 21.3 Å². The molecule has 0 radical (unpaired) electrons. The fourth-order valence-corrected chi connectivity index (χ4v) is 2.38. The second-order valence-electron chi connectivity index (χ2n) is 4.32. The Balaban J connectivity index is 2.18. The molecule has 0 saturated carbocycles. The molecular weight excluding hydrogens is 210 g/mol. The van der Waals surface area contributed by atoms with Gasteiger partial charge in [-0.15, -0.1) is 5.92 Å². The van der Waals surface area contributed by atoms with Crippen LogP contribution in [0.1, 0.15) is 36.9 Å². The zero-order valence-electron chi connectivity index (χ0n) is 10.5. The Labute approximate surface area is 103 Å². The fourth-order valence-electron chi connectivity index (χ4n) is 2.38. The number of benzene rings is 1. The molecule has 0 fully saturated rings. The Morgan fingerprint density at radius 3 is 3.12 bits per heavy atom. The first-order valence-electron chi connectivity index (χ1n) is 6.15. The predicted octanol–water partition coefficient (Wildman–Crippen LogP) is 2.69. The maximum Gasteiger partial charge on any atom is 0.119 e. The van der Waals surface area contributed by atoms with Crippen molar-refractivity contribution >= 4 is 0 Å². The second-order valence-corrected chi connectivity index (χ2v) is 4.32. The Morgan fingerprint density at radius 2 is 2.35 bits per heavy atom. The summed E-state index contributed by atoms with van der Waals surface area (Å²) >= 11 is 0. The van der Waals surface area contributed by atoms with Crippen molar-refractivity contribution in [2.24, 2.45) is 0 Å². The van der Waals surface area contributed by atoms with Gasteiger partial charge in [-0.25, -0.2) is 0 Å². The molecule has 1 aliphatic carbocycles. The van der Waals surface area contributed by atoms with E-state index < -0.39 is 0 Å². The highest BCUT2D eigenvalue weighted by Crippen LogP contribution is 2.32. The highest BCUT2D eigenvalue weighted by molar-refractivity contribution is 5.39. The third-order valence-corrected chi connectivity index (χ3v) is 3.28. The Morgan fingerprint density at radius 1 is 1.47 bits per heavy atom. The highest BCUT2D eigenvalue weighted by atomic mass is 16.5. The van der Waals surface area contributed by atoms with Gasteiger partial charge in [0.15, 0.2) is 0 Å². The van der Waals surface area contributed by atoms with E-state index in [1.165, 1.54) is 30.4 Å². The first-order chi connectivity index (χ1) is 8.35. The summed E-state index contributed by atoms with van der Waals surface area (Å²) in [6.07, 6.45) is 3.61. The minimum absolute atomic E-state index is 0.426. The van der Waals surface area contributed by atoms with E-state index in [2.05, 4.69) is 29.3 Å². The van der Waals surface area contributed by atoms with Crippen LogP contribution in [-0.4, -0.2) is 13.7 Å². The van der Waals surface area contributed by atoms with Crippen molar-refractivity contribution in [2.45, 2.75) is 32.2 Å². The lowest BCUT2D eigenvalue weighted by Crippen LogP contribution is -2.25. The maximum atomic E-state index is 5.30. The van der Waals surface area contributed by atoms with Crippen LogP contribution in [-0.2, 0) is 6.42 Å². The molecule has 0 saturated heterocycles. The van der Waals surface area contributed by atoms with Crippen LogP contribution >= 0.6 is 0 Å². The minimum atomic E-state index is 0.426. The molecule has 0 bridgehead atoms. The summed E-state index contributed by atoms with van der Waals surface area (Å²) in [4.78, 5) is 0. The van der Waals surface area contributed by atoms with E-state index >= 15 is 0 Å². The Kier molecular flexibility index (Phi) is 4.06. The number of methoxy groups -OCH3 is 1. The third kappa shape index (κ3) is 2.81. The summed E-state index contributed by atoms with van der Waals surface area (Å²) in [5, 5.41) is 3.50. The average molecular weight is 229 g/mol. The largest absolute Gasteiger partial charge is 0.497 e. The van der Waals surface area contributed by atoms with Crippen LogP contribution < -0.4 is 10.1 Å². The minimum Gasteiger partial charge on any atom is -0.497 e. The lowest BCUT2D eigenvalue weighted by Gasteiger charge is -2.26. The van der Waals surface area contributed by atoms with Gasteiger partial charge in [0.25, 0.3) is 0 Å². The lowest BCUT2D eigenvalue weighted by molar-refractivity contribution is 0.410. The summed E-state index contributed by atoms with van der Waals surface area (Å²) in [5.74, 6) is 6.92. The highest BCUT2D eigenvalue weighted by Gasteiger charge is 2.19. The normalized spacial score (nSPS) is 17.9. The van der Waals surface area contributed by atoms with Gasteiger partial charge in [0.05, 0.1) is 13.7 Å². The molecule has 1 unspecified atom stereocenters. The van der Waals surface area contributed by atoms with Crippen molar-refractivity contribution in [3.8, 4) is 17.6 Å². The summed E-state index contributed by atoms with van der Waals surface area (Å²) in [6, 6.07) is 6.82. The Hall–Kier alpha value is -1.46. The van der Waals surface area contributed by atoms with Crippen molar-refractivity contribution in [1.29, 1.82) is 0 Å². The van der Waals surface area contributed by atoms with Gasteiger partial charge < -0.3 is 4.74 Å². The molecule has 1 aromatic carbocycles. The van der Waals surface area contributed by atoms with Crippen LogP contribution in [0.4, 0.5) is 0 Å². The van der Waals surface area contributed by atoms with Crippen molar-refractivity contribution in [2.75, 3.05) is 13.7 Å². The fraction of sp³-hybridized carbons (Fsp3) is 0.467. The van der Waals surface area contributed by atoms with Gasteiger partial charge in [0, 0.05) is 6.04 Å². The van der Waals surface area contributed by atoms with Crippen LogP contribution in [0.2, 0.25) is 0 Å². The van der Waals surface area contributed by atoms with E-state index in [0.29, 0.717) is 6.04 Å². The van der Waals surface area contributed by atoms with Gasteiger partial charge in [0.2, 0.25) is 0 Å².